The molecule has 0 aliphatic rings. The van der Waals surface area contributed by atoms with Gasteiger partial charge in [0.1, 0.15) is 6.04 Å². The Balaban J connectivity index is 4.76. The summed E-state index contributed by atoms with van der Waals surface area (Å²) in [6, 6.07) is -0.807. The number of carbonyl (C=O) groups excluding carboxylic acids is 3. The van der Waals surface area contributed by atoms with E-state index in [2.05, 4.69) is 10.2 Å². The highest BCUT2D eigenvalue weighted by Gasteiger charge is 2.28. The van der Waals surface area contributed by atoms with Crippen LogP contribution in [0.5, 0.6) is 0 Å². The van der Waals surface area contributed by atoms with E-state index in [4.69, 9.17) is 4.74 Å². The molecule has 104 valence electrons. The Bertz CT molecular complexity index is 306. The second-order valence-corrected chi connectivity index (χ2v) is 3.40. The summed E-state index contributed by atoms with van der Waals surface area (Å²) >= 11 is 0. The summed E-state index contributed by atoms with van der Waals surface area (Å²) in [6.07, 6.45) is -1.34. The average Bonchev–Trinajstić information content (AvgIpc) is 2.34. The van der Waals surface area contributed by atoms with Crippen LogP contribution < -0.4 is 5.43 Å². The molecule has 0 radical (unpaired) electrons. The molecule has 0 aromatic rings. The quantitative estimate of drug-likeness (QED) is 0.757. The van der Waals surface area contributed by atoms with E-state index in [0.717, 1.165) is 5.01 Å². The van der Waals surface area contributed by atoms with E-state index >= 15 is 0 Å². The van der Waals surface area contributed by atoms with Crippen molar-refractivity contribution in [2.24, 2.45) is 0 Å². The lowest BCUT2D eigenvalue weighted by Crippen LogP contribution is -2.53. The second-order valence-electron chi connectivity index (χ2n) is 3.40. The fraction of sp³-hybridized carbons (Fsp3) is 0.727. The van der Waals surface area contributed by atoms with Gasteiger partial charge in [0.2, 0.25) is 0 Å². The summed E-state index contributed by atoms with van der Waals surface area (Å²) < 4.78 is 9.42. The van der Waals surface area contributed by atoms with Crippen LogP contribution in [0, 0.1) is 0 Å². The third kappa shape index (κ3) is 5.03. The fourth-order valence-electron chi connectivity index (χ4n) is 1.19. The Morgan fingerprint density at radius 3 is 2.11 bits per heavy atom. The van der Waals surface area contributed by atoms with Gasteiger partial charge in [0, 0.05) is 6.42 Å². The first kappa shape index (κ1) is 16.2. The summed E-state index contributed by atoms with van der Waals surface area (Å²) in [5, 5.41) is 0.841. The van der Waals surface area contributed by atoms with Gasteiger partial charge < -0.3 is 9.47 Å². The zero-order chi connectivity index (χ0) is 14.1. The number of rotatable bonds is 5. The molecule has 0 heterocycles. The molecular formula is C11H20N2O5. The van der Waals surface area contributed by atoms with Gasteiger partial charge in [-0.05, 0) is 20.8 Å². The SMILES string of the molecule is CCOC(=O)NN(C(=O)OCC)C(C)C(=O)CC. The lowest BCUT2D eigenvalue weighted by atomic mass is 10.2. The third-order valence-corrected chi connectivity index (χ3v) is 2.15. The molecule has 0 fully saturated rings. The van der Waals surface area contributed by atoms with Crippen LogP contribution in [0.4, 0.5) is 9.59 Å². The molecule has 0 bridgehead atoms. The van der Waals surface area contributed by atoms with Crippen LogP contribution in [0.25, 0.3) is 0 Å². The molecule has 1 N–H and O–H groups in total. The zero-order valence-corrected chi connectivity index (χ0v) is 11.2. The highest BCUT2D eigenvalue weighted by Crippen LogP contribution is 2.03. The minimum atomic E-state index is -0.807. The molecule has 0 spiro atoms. The molecular weight excluding hydrogens is 240 g/mol. The monoisotopic (exact) mass is 260 g/mol. The molecule has 0 aromatic carbocycles. The summed E-state index contributed by atoms with van der Waals surface area (Å²) in [6.45, 7) is 6.76. The van der Waals surface area contributed by atoms with E-state index in [1.165, 1.54) is 6.92 Å². The van der Waals surface area contributed by atoms with E-state index in [9.17, 15) is 14.4 Å². The maximum absolute atomic E-state index is 11.6. The highest BCUT2D eigenvalue weighted by molar-refractivity contribution is 5.87. The van der Waals surface area contributed by atoms with Crippen molar-refractivity contribution in [3.63, 3.8) is 0 Å². The van der Waals surface area contributed by atoms with Crippen LogP contribution in [0.1, 0.15) is 34.1 Å². The van der Waals surface area contributed by atoms with Crippen LogP contribution in [0.15, 0.2) is 0 Å². The van der Waals surface area contributed by atoms with E-state index in [1.54, 1.807) is 20.8 Å². The Morgan fingerprint density at radius 2 is 1.67 bits per heavy atom. The Morgan fingerprint density at radius 1 is 1.11 bits per heavy atom. The number of ketones is 1. The summed E-state index contributed by atoms with van der Waals surface area (Å²) in [4.78, 5) is 34.5. The molecule has 0 rings (SSSR count). The molecule has 0 saturated heterocycles. The van der Waals surface area contributed by atoms with Crippen molar-refractivity contribution in [1.82, 2.24) is 10.4 Å². The van der Waals surface area contributed by atoms with Gasteiger partial charge in [-0.25, -0.2) is 20.0 Å². The zero-order valence-electron chi connectivity index (χ0n) is 11.2. The number of carbonyl (C=O) groups is 3. The van der Waals surface area contributed by atoms with Gasteiger partial charge in [-0.15, -0.1) is 0 Å². The van der Waals surface area contributed by atoms with Gasteiger partial charge in [-0.3, -0.25) is 4.79 Å². The minimum absolute atomic E-state index is 0.146. The number of nitrogens with one attached hydrogen (secondary N) is 1. The predicted molar refractivity (Wildman–Crippen MR) is 63.8 cm³/mol. The van der Waals surface area contributed by atoms with Crippen molar-refractivity contribution in [2.45, 2.75) is 40.2 Å². The van der Waals surface area contributed by atoms with Gasteiger partial charge in [0.15, 0.2) is 5.78 Å². The number of hydrogen-bond donors (Lipinski definition) is 1. The summed E-state index contributed by atoms with van der Waals surface area (Å²) in [5.74, 6) is -0.195. The molecule has 7 nitrogen and oxygen atoms in total. The van der Waals surface area contributed by atoms with Gasteiger partial charge in [-0.1, -0.05) is 6.92 Å². The van der Waals surface area contributed by atoms with Crippen LogP contribution >= 0.6 is 0 Å². The van der Waals surface area contributed by atoms with Gasteiger partial charge in [-0.2, -0.15) is 0 Å². The lowest BCUT2D eigenvalue weighted by Gasteiger charge is -2.26. The Hall–Kier alpha value is -1.79. The number of Topliss-reactive ketones (excluding diaryl/α,β-unsaturated/α-hetero) is 1. The fourth-order valence-corrected chi connectivity index (χ4v) is 1.19. The minimum Gasteiger partial charge on any atom is -0.449 e. The van der Waals surface area contributed by atoms with E-state index in [0.29, 0.717) is 0 Å². The maximum atomic E-state index is 11.6. The van der Waals surface area contributed by atoms with Crippen molar-refractivity contribution in [3.05, 3.63) is 0 Å². The van der Waals surface area contributed by atoms with Crippen LogP contribution in [-0.2, 0) is 14.3 Å². The topological polar surface area (TPSA) is 84.9 Å². The van der Waals surface area contributed by atoms with Gasteiger partial charge in [0.05, 0.1) is 13.2 Å². The molecule has 0 aliphatic heterocycles. The van der Waals surface area contributed by atoms with Crippen LogP contribution in [-0.4, -0.2) is 42.2 Å². The standard InChI is InChI=1S/C11H20N2O5/c1-5-9(14)8(4)13(11(16)18-7-3)12-10(15)17-6-2/h8H,5-7H2,1-4H3,(H,12,15). The molecule has 1 unspecified atom stereocenters. The molecule has 1 atom stereocenters. The van der Waals surface area contributed by atoms with E-state index in [1.807, 2.05) is 0 Å². The van der Waals surface area contributed by atoms with Crippen LogP contribution in [0.3, 0.4) is 0 Å². The molecule has 0 aromatic heterocycles. The first-order chi connectivity index (χ1) is 8.47. The number of ether oxygens (including phenoxy) is 2. The predicted octanol–water partition coefficient (Wildman–Crippen LogP) is 1.47. The highest BCUT2D eigenvalue weighted by atomic mass is 16.6. The third-order valence-electron chi connectivity index (χ3n) is 2.15. The number of hydrazine groups is 1. The number of amides is 2. The Kier molecular flexibility index (Phi) is 7.50. The maximum Gasteiger partial charge on any atom is 0.429 e. The molecule has 0 aliphatic carbocycles. The van der Waals surface area contributed by atoms with Gasteiger partial charge in [0.25, 0.3) is 0 Å². The summed E-state index contributed by atoms with van der Waals surface area (Å²) in [5.41, 5.74) is 2.19. The largest absolute Gasteiger partial charge is 0.449 e. The van der Waals surface area contributed by atoms with Crippen molar-refractivity contribution >= 4 is 18.0 Å². The molecule has 2 amide bonds. The lowest BCUT2D eigenvalue weighted by molar-refractivity contribution is -0.123. The Labute approximate surface area is 106 Å². The number of hydrogen-bond acceptors (Lipinski definition) is 5. The normalized spacial score (nSPS) is 11.3. The smallest absolute Gasteiger partial charge is 0.429 e. The van der Waals surface area contributed by atoms with E-state index < -0.39 is 18.2 Å². The summed E-state index contributed by atoms with van der Waals surface area (Å²) in [7, 11) is 0. The first-order valence-electron chi connectivity index (χ1n) is 5.89. The van der Waals surface area contributed by atoms with Crippen molar-refractivity contribution in [1.29, 1.82) is 0 Å². The first-order valence-corrected chi connectivity index (χ1v) is 5.89. The van der Waals surface area contributed by atoms with Gasteiger partial charge >= 0.3 is 12.2 Å². The van der Waals surface area contributed by atoms with Crippen LogP contribution in [0.2, 0.25) is 0 Å². The van der Waals surface area contributed by atoms with Crippen molar-refractivity contribution in [3.8, 4) is 0 Å². The van der Waals surface area contributed by atoms with E-state index in [-0.39, 0.29) is 25.4 Å². The molecule has 7 heteroatoms. The van der Waals surface area contributed by atoms with Crippen molar-refractivity contribution in [2.75, 3.05) is 13.2 Å². The molecule has 18 heavy (non-hydrogen) atoms. The second kappa shape index (κ2) is 8.32. The molecule has 0 saturated carbocycles. The number of nitrogens with zero attached hydrogens (tertiary/aromatic N) is 1. The average molecular weight is 260 g/mol. The van der Waals surface area contributed by atoms with Crippen molar-refractivity contribution < 1.29 is 23.9 Å².